The Kier molecular flexibility index (Phi) is 6.44. The highest BCUT2D eigenvalue weighted by Gasteiger charge is 2.30. The Morgan fingerprint density at radius 3 is 2.10 bits per heavy atom. The lowest BCUT2D eigenvalue weighted by Crippen LogP contribution is -2.51. The van der Waals surface area contributed by atoms with Crippen molar-refractivity contribution in [1.29, 1.82) is 0 Å². The molecule has 0 radical (unpaired) electrons. The average Bonchev–Trinajstić information content (AvgIpc) is 2.09. The van der Waals surface area contributed by atoms with Crippen LogP contribution in [0.3, 0.4) is 0 Å². The Balaban J connectivity index is 4.56. The third kappa shape index (κ3) is 9.99. The van der Waals surface area contributed by atoms with Crippen LogP contribution in [0.4, 0.5) is 4.79 Å². The molecule has 1 unspecified atom stereocenters. The number of alkyl carbamates (subject to hydrolysis) is 1. The smallest absolute Gasteiger partial charge is 0.407 e. The predicted octanol–water partition coefficient (Wildman–Crippen LogP) is 1.02. The Hall–Kier alpha value is -0.860. The number of amides is 1. The molecule has 20 heavy (non-hydrogen) atoms. The standard InChI is InChI=1S/C12H25NO6S/c1-11(2,3)19-10(14)13-9(12(4,5)15)7-8-18-20(6,16)17/h9,15H,7-8H2,1-6H3,(H,13,14). The highest BCUT2D eigenvalue weighted by Crippen LogP contribution is 2.14. The molecule has 8 heteroatoms. The zero-order chi connectivity index (χ0) is 16.2. The SMILES string of the molecule is CC(C)(C)OC(=O)NC(CCOS(C)(=O)=O)C(C)(C)O. The second-order valence-electron chi connectivity index (χ2n) is 6.17. The van der Waals surface area contributed by atoms with Crippen molar-refractivity contribution in [3.63, 3.8) is 0 Å². The molecule has 0 aromatic carbocycles. The van der Waals surface area contributed by atoms with Crippen molar-refractivity contribution in [1.82, 2.24) is 5.32 Å². The van der Waals surface area contributed by atoms with Gasteiger partial charge < -0.3 is 15.2 Å². The summed E-state index contributed by atoms with van der Waals surface area (Å²) in [6.07, 6.45) is 0.396. The van der Waals surface area contributed by atoms with Crippen LogP contribution in [0, 0.1) is 0 Å². The highest BCUT2D eigenvalue weighted by atomic mass is 32.2. The molecule has 1 atom stereocenters. The second-order valence-corrected chi connectivity index (χ2v) is 7.81. The van der Waals surface area contributed by atoms with E-state index >= 15 is 0 Å². The first-order chi connectivity index (χ1) is 8.71. The van der Waals surface area contributed by atoms with E-state index < -0.39 is 33.5 Å². The van der Waals surface area contributed by atoms with Gasteiger partial charge in [0.2, 0.25) is 0 Å². The van der Waals surface area contributed by atoms with Crippen LogP contribution in [0.25, 0.3) is 0 Å². The van der Waals surface area contributed by atoms with E-state index in [4.69, 9.17) is 4.74 Å². The van der Waals surface area contributed by atoms with Gasteiger partial charge in [0.25, 0.3) is 10.1 Å². The van der Waals surface area contributed by atoms with Crippen molar-refractivity contribution < 1.29 is 27.2 Å². The van der Waals surface area contributed by atoms with E-state index in [-0.39, 0.29) is 13.0 Å². The molecule has 2 N–H and O–H groups in total. The number of carbonyl (C=O) groups is 1. The van der Waals surface area contributed by atoms with Crippen LogP contribution in [0.2, 0.25) is 0 Å². The van der Waals surface area contributed by atoms with Crippen LogP contribution in [-0.2, 0) is 19.0 Å². The van der Waals surface area contributed by atoms with Crippen molar-refractivity contribution in [2.24, 2.45) is 0 Å². The van der Waals surface area contributed by atoms with Crippen molar-refractivity contribution in [3.8, 4) is 0 Å². The van der Waals surface area contributed by atoms with Gasteiger partial charge in [-0.3, -0.25) is 4.18 Å². The number of carbonyl (C=O) groups excluding carboxylic acids is 1. The van der Waals surface area contributed by atoms with E-state index in [0.717, 1.165) is 6.26 Å². The summed E-state index contributed by atoms with van der Waals surface area (Å²) in [6, 6.07) is -0.695. The quantitative estimate of drug-likeness (QED) is 0.710. The zero-order valence-corrected chi connectivity index (χ0v) is 13.7. The molecule has 1 amide bonds. The zero-order valence-electron chi connectivity index (χ0n) is 12.9. The Morgan fingerprint density at radius 2 is 1.75 bits per heavy atom. The van der Waals surface area contributed by atoms with Gasteiger partial charge in [0.1, 0.15) is 5.60 Å². The largest absolute Gasteiger partial charge is 0.444 e. The normalized spacial score (nSPS) is 14.8. The first-order valence-corrected chi connectivity index (χ1v) is 8.08. The van der Waals surface area contributed by atoms with Crippen LogP contribution in [0.1, 0.15) is 41.0 Å². The monoisotopic (exact) mass is 311 g/mol. The molecule has 0 saturated heterocycles. The summed E-state index contributed by atoms with van der Waals surface area (Å²) in [7, 11) is -3.55. The molecule has 0 aromatic heterocycles. The predicted molar refractivity (Wildman–Crippen MR) is 74.9 cm³/mol. The van der Waals surface area contributed by atoms with Crippen LogP contribution < -0.4 is 5.32 Å². The van der Waals surface area contributed by atoms with Gasteiger partial charge >= 0.3 is 6.09 Å². The molecule has 0 aliphatic heterocycles. The first kappa shape index (κ1) is 19.1. The van der Waals surface area contributed by atoms with Gasteiger partial charge in [-0.25, -0.2) is 4.79 Å². The number of hydrogen-bond acceptors (Lipinski definition) is 6. The van der Waals surface area contributed by atoms with Crippen molar-refractivity contribution >= 4 is 16.2 Å². The van der Waals surface area contributed by atoms with Crippen molar-refractivity contribution in [2.45, 2.75) is 58.3 Å². The molecule has 0 heterocycles. The minimum Gasteiger partial charge on any atom is -0.444 e. The second kappa shape index (κ2) is 6.73. The summed E-state index contributed by atoms with van der Waals surface area (Å²) in [4.78, 5) is 11.7. The lowest BCUT2D eigenvalue weighted by atomic mass is 9.96. The first-order valence-electron chi connectivity index (χ1n) is 6.27. The molecular formula is C12H25NO6S. The molecule has 0 aromatic rings. The fraction of sp³-hybridized carbons (Fsp3) is 0.917. The fourth-order valence-electron chi connectivity index (χ4n) is 1.37. The molecule has 0 spiro atoms. The molecule has 7 nitrogen and oxygen atoms in total. The van der Waals surface area contributed by atoms with E-state index in [1.54, 1.807) is 20.8 Å². The summed E-state index contributed by atoms with van der Waals surface area (Å²) >= 11 is 0. The Morgan fingerprint density at radius 1 is 1.25 bits per heavy atom. The van der Waals surface area contributed by atoms with E-state index in [2.05, 4.69) is 9.50 Å². The lowest BCUT2D eigenvalue weighted by molar-refractivity contribution is 0.0120. The molecule has 0 saturated carbocycles. The van der Waals surface area contributed by atoms with Gasteiger partial charge in [-0.15, -0.1) is 0 Å². The maximum absolute atomic E-state index is 11.7. The van der Waals surface area contributed by atoms with Gasteiger partial charge in [-0.2, -0.15) is 8.42 Å². The van der Waals surface area contributed by atoms with Crippen LogP contribution in [0.15, 0.2) is 0 Å². The molecule has 0 fully saturated rings. The molecule has 0 aliphatic carbocycles. The van der Waals surface area contributed by atoms with Gasteiger partial charge in [0.05, 0.1) is 24.5 Å². The average molecular weight is 311 g/mol. The van der Waals surface area contributed by atoms with Crippen molar-refractivity contribution in [2.75, 3.05) is 12.9 Å². The molecular weight excluding hydrogens is 286 g/mol. The third-order valence-corrected chi connectivity index (χ3v) is 2.84. The summed E-state index contributed by atoms with van der Waals surface area (Å²) in [5.74, 6) is 0. The van der Waals surface area contributed by atoms with Gasteiger partial charge in [-0.1, -0.05) is 0 Å². The van der Waals surface area contributed by atoms with Gasteiger partial charge in [0.15, 0.2) is 0 Å². The molecule has 0 aliphatic rings. The lowest BCUT2D eigenvalue weighted by Gasteiger charge is -2.31. The van der Waals surface area contributed by atoms with E-state index in [9.17, 15) is 18.3 Å². The fourth-order valence-corrected chi connectivity index (χ4v) is 1.77. The van der Waals surface area contributed by atoms with Crippen LogP contribution >= 0.6 is 0 Å². The van der Waals surface area contributed by atoms with Crippen LogP contribution in [0.5, 0.6) is 0 Å². The minimum atomic E-state index is -3.55. The van der Waals surface area contributed by atoms with Crippen LogP contribution in [-0.4, -0.2) is 49.7 Å². The van der Waals surface area contributed by atoms with Gasteiger partial charge in [0, 0.05) is 0 Å². The number of hydrogen-bond donors (Lipinski definition) is 2. The number of rotatable bonds is 6. The maximum atomic E-state index is 11.7. The Labute approximate surface area is 120 Å². The molecule has 0 rings (SSSR count). The summed E-state index contributed by atoms with van der Waals surface area (Å²) < 4.78 is 31.4. The number of ether oxygens (including phenoxy) is 1. The molecule has 0 bridgehead atoms. The Bertz CT molecular complexity index is 418. The topological polar surface area (TPSA) is 102 Å². The maximum Gasteiger partial charge on any atom is 0.407 e. The number of aliphatic hydroxyl groups is 1. The molecule has 120 valence electrons. The van der Waals surface area contributed by atoms with E-state index in [0.29, 0.717) is 0 Å². The summed E-state index contributed by atoms with van der Waals surface area (Å²) in [6.45, 7) is 8.05. The van der Waals surface area contributed by atoms with Crippen molar-refractivity contribution in [3.05, 3.63) is 0 Å². The summed E-state index contributed by atoms with van der Waals surface area (Å²) in [5, 5.41) is 12.5. The van der Waals surface area contributed by atoms with E-state index in [1.807, 2.05) is 0 Å². The minimum absolute atomic E-state index is 0.135. The number of nitrogens with one attached hydrogen (secondary N) is 1. The van der Waals surface area contributed by atoms with Gasteiger partial charge in [-0.05, 0) is 41.0 Å². The van der Waals surface area contributed by atoms with E-state index in [1.165, 1.54) is 13.8 Å². The third-order valence-electron chi connectivity index (χ3n) is 2.25. The summed E-state index contributed by atoms with van der Waals surface area (Å²) in [5.41, 5.74) is -1.89. The highest BCUT2D eigenvalue weighted by molar-refractivity contribution is 7.85.